The number of ether oxygens (including phenoxy) is 2. The third-order valence-corrected chi connectivity index (χ3v) is 3.54. The molecule has 1 N–H and O–H groups in total. The number of carbonyl (C=O) groups is 2. The quantitative estimate of drug-likeness (QED) is 0.863. The van der Waals surface area contributed by atoms with E-state index < -0.39 is 6.04 Å². The van der Waals surface area contributed by atoms with Gasteiger partial charge in [-0.05, 0) is 18.6 Å². The number of nitrogens with one attached hydrogen (secondary N) is 1. The van der Waals surface area contributed by atoms with Crippen LogP contribution in [0.2, 0.25) is 0 Å². The van der Waals surface area contributed by atoms with E-state index in [1.54, 1.807) is 19.2 Å². The van der Waals surface area contributed by atoms with Gasteiger partial charge in [0.1, 0.15) is 19.3 Å². The summed E-state index contributed by atoms with van der Waals surface area (Å²) in [6, 6.07) is 4.95. The first kappa shape index (κ1) is 12.8. The Kier molecular flexibility index (Phi) is 3.22. The molecule has 1 saturated heterocycles. The van der Waals surface area contributed by atoms with Gasteiger partial charge in [0, 0.05) is 25.2 Å². The summed E-state index contributed by atoms with van der Waals surface area (Å²) in [5.74, 6) is 1.14. The van der Waals surface area contributed by atoms with Gasteiger partial charge in [-0.15, -0.1) is 0 Å². The lowest BCUT2D eigenvalue weighted by Crippen LogP contribution is -2.42. The number of nitrogens with zero attached hydrogens (tertiary/aromatic N) is 1. The average molecular weight is 276 g/mol. The second-order valence-electron chi connectivity index (χ2n) is 4.88. The molecular formula is C14H16N2O4. The number of rotatable bonds is 2. The molecule has 20 heavy (non-hydrogen) atoms. The topological polar surface area (TPSA) is 67.9 Å². The Balaban J connectivity index is 1.78. The molecule has 1 aromatic carbocycles. The molecule has 0 radical (unpaired) electrons. The lowest BCUT2D eigenvalue weighted by Gasteiger charge is -2.24. The van der Waals surface area contributed by atoms with Gasteiger partial charge < -0.3 is 19.7 Å². The van der Waals surface area contributed by atoms with Crippen molar-refractivity contribution in [2.75, 3.05) is 25.2 Å². The Hall–Kier alpha value is -2.24. The monoisotopic (exact) mass is 276 g/mol. The van der Waals surface area contributed by atoms with Gasteiger partial charge in [-0.1, -0.05) is 0 Å². The fraction of sp³-hybridized carbons (Fsp3) is 0.429. The van der Waals surface area contributed by atoms with Crippen LogP contribution in [0.15, 0.2) is 18.2 Å². The number of fused-ring (bicyclic) bond motifs is 1. The van der Waals surface area contributed by atoms with Crippen LogP contribution in [0.4, 0.5) is 5.69 Å². The number of hydrogen-bond acceptors (Lipinski definition) is 4. The SMILES string of the molecule is CN(C(=O)C1CCC(=O)N1)c1ccc2c(c1)OCCO2. The normalized spacial score (nSPS) is 20.4. The van der Waals surface area contributed by atoms with Crippen molar-refractivity contribution in [3.63, 3.8) is 0 Å². The molecule has 2 aliphatic heterocycles. The molecule has 0 bridgehead atoms. The minimum atomic E-state index is -0.430. The summed E-state index contributed by atoms with van der Waals surface area (Å²) in [5, 5.41) is 2.68. The van der Waals surface area contributed by atoms with Crippen LogP contribution < -0.4 is 19.7 Å². The molecule has 3 rings (SSSR count). The van der Waals surface area contributed by atoms with E-state index in [4.69, 9.17) is 9.47 Å². The molecule has 1 fully saturated rings. The summed E-state index contributed by atoms with van der Waals surface area (Å²) in [6.45, 7) is 1.04. The van der Waals surface area contributed by atoms with Gasteiger partial charge >= 0.3 is 0 Å². The molecule has 1 unspecified atom stereocenters. The Labute approximate surface area is 116 Å². The van der Waals surface area contributed by atoms with Crippen molar-refractivity contribution >= 4 is 17.5 Å². The highest BCUT2D eigenvalue weighted by Crippen LogP contribution is 2.33. The number of hydrogen-bond donors (Lipinski definition) is 1. The van der Waals surface area contributed by atoms with Crippen molar-refractivity contribution in [2.24, 2.45) is 0 Å². The van der Waals surface area contributed by atoms with Crippen LogP contribution in [0.25, 0.3) is 0 Å². The molecule has 6 heteroatoms. The van der Waals surface area contributed by atoms with E-state index in [9.17, 15) is 9.59 Å². The van der Waals surface area contributed by atoms with Gasteiger partial charge in [-0.2, -0.15) is 0 Å². The summed E-state index contributed by atoms with van der Waals surface area (Å²) in [4.78, 5) is 25.0. The van der Waals surface area contributed by atoms with Crippen molar-refractivity contribution in [3.05, 3.63) is 18.2 Å². The van der Waals surface area contributed by atoms with Gasteiger partial charge in [0.05, 0.1) is 0 Å². The molecule has 0 saturated carbocycles. The van der Waals surface area contributed by atoms with Gasteiger partial charge in [-0.3, -0.25) is 9.59 Å². The summed E-state index contributed by atoms with van der Waals surface area (Å²) >= 11 is 0. The number of carbonyl (C=O) groups excluding carboxylic acids is 2. The third kappa shape index (κ3) is 2.29. The maximum absolute atomic E-state index is 12.3. The van der Waals surface area contributed by atoms with Crippen LogP contribution in [0, 0.1) is 0 Å². The first-order chi connectivity index (χ1) is 9.65. The Morgan fingerprint density at radius 3 is 2.75 bits per heavy atom. The van der Waals surface area contributed by atoms with Gasteiger partial charge in [-0.25, -0.2) is 0 Å². The van der Waals surface area contributed by atoms with Crippen molar-refractivity contribution in [3.8, 4) is 11.5 Å². The molecule has 1 atom stereocenters. The zero-order chi connectivity index (χ0) is 14.1. The highest BCUT2D eigenvalue weighted by Gasteiger charge is 2.30. The first-order valence-electron chi connectivity index (χ1n) is 6.62. The zero-order valence-electron chi connectivity index (χ0n) is 11.2. The van der Waals surface area contributed by atoms with Crippen LogP contribution in [0.5, 0.6) is 11.5 Å². The van der Waals surface area contributed by atoms with Crippen molar-refractivity contribution in [1.29, 1.82) is 0 Å². The summed E-state index contributed by atoms with van der Waals surface area (Å²) in [6.07, 6.45) is 0.956. The van der Waals surface area contributed by atoms with E-state index >= 15 is 0 Å². The molecule has 2 heterocycles. The fourth-order valence-electron chi connectivity index (χ4n) is 2.40. The van der Waals surface area contributed by atoms with Gasteiger partial charge in [0.2, 0.25) is 11.8 Å². The highest BCUT2D eigenvalue weighted by molar-refractivity contribution is 6.00. The fourth-order valence-corrected chi connectivity index (χ4v) is 2.40. The number of likely N-dealkylation sites (N-methyl/N-ethyl adjacent to an activating group) is 1. The summed E-state index contributed by atoms with van der Waals surface area (Å²) in [7, 11) is 1.69. The standard InChI is InChI=1S/C14H16N2O4/c1-16(14(18)10-3-5-13(17)15-10)9-2-4-11-12(8-9)20-7-6-19-11/h2,4,8,10H,3,5-7H2,1H3,(H,15,17). The minimum Gasteiger partial charge on any atom is -0.486 e. The van der Waals surface area contributed by atoms with E-state index in [-0.39, 0.29) is 11.8 Å². The minimum absolute atomic E-state index is 0.0704. The van der Waals surface area contributed by atoms with Crippen molar-refractivity contribution in [1.82, 2.24) is 5.32 Å². The van der Waals surface area contributed by atoms with E-state index in [2.05, 4.69) is 5.32 Å². The van der Waals surface area contributed by atoms with Crippen LogP contribution in [-0.4, -0.2) is 38.1 Å². The molecule has 106 valence electrons. The Morgan fingerprint density at radius 2 is 2.05 bits per heavy atom. The second kappa shape index (κ2) is 5.03. The van der Waals surface area contributed by atoms with Crippen LogP contribution in [0.1, 0.15) is 12.8 Å². The number of benzene rings is 1. The van der Waals surface area contributed by atoms with Crippen LogP contribution in [-0.2, 0) is 9.59 Å². The zero-order valence-corrected chi connectivity index (χ0v) is 11.2. The molecule has 2 aliphatic rings. The Morgan fingerprint density at radius 1 is 1.30 bits per heavy atom. The lowest BCUT2D eigenvalue weighted by molar-refractivity contribution is -0.123. The number of anilines is 1. The van der Waals surface area contributed by atoms with E-state index in [1.807, 2.05) is 6.07 Å². The summed E-state index contributed by atoms with van der Waals surface area (Å²) < 4.78 is 11.0. The smallest absolute Gasteiger partial charge is 0.249 e. The largest absolute Gasteiger partial charge is 0.486 e. The van der Waals surface area contributed by atoms with Gasteiger partial charge in [0.15, 0.2) is 11.5 Å². The molecule has 0 aromatic heterocycles. The van der Waals surface area contributed by atoms with Gasteiger partial charge in [0.25, 0.3) is 0 Å². The van der Waals surface area contributed by atoms with E-state index in [1.165, 1.54) is 4.90 Å². The maximum Gasteiger partial charge on any atom is 0.249 e. The second-order valence-corrected chi connectivity index (χ2v) is 4.88. The average Bonchev–Trinajstić information content (AvgIpc) is 2.92. The Bertz CT molecular complexity index is 558. The van der Waals surface area contributed by atoms with E-state index in [0.717, 1.165) is 5.69 Å². The van der Waals surface area contributed by atoms with Crippen LogP contribution >= 0.6 is 0 Å². The van der Waals surface area contributed by atoms with Crippen molar-refractivity contribution < 1.29 is 19.1 Å². The molecule has 6 nitrogen and oxygen atoms in total. The molecule has 0 aliphatic carbocycles. The predicted octanol–water partition coefficient (Wildman–Crippen LogP) is 0.699. The first-order valence-corrected chi connectivity index (χ1v) is 6.62. The summed E-state index contributed by atoms with van der Waals surface area (Å²) in [5.41, 5.74) is 0.723. The lowest BCUT2D eigenvalue weighted by atomic mass is 10.2. The predicted molar refractivity (Wildman–Crippen MR) is 72.0 cm³/mol. The molecule has 1 aromatic rings. The maximum atomic E-state index is 12.3. The third-order valence-electron chi connectivity index (χ3n) is 3.54. The van der Waals surface area contributed by atoms with Crippen molar-refractivity contribution in [2.45, 2.75) is 18.9 Å². The number of amides is 2. The highest BCUT2D eigenvalue weighted by atomic mass is 16.6. The molecular weight excluding hydrogens is 260 g/mol. The molecule has 0 spiro atoms. The van der Waals surface area contributed by atoms with Crippen LogP contribution in [0.3, 0.4) is 0 Å². The van der Waals surface area contributed by atoms with E-state index in [0.29, 0.717) is 37.6 Å². The molecule has 2 amide bonds.